The molecule has 6 rings (SSSR count). The van der Waals surface area contributed by atoms with Gasteiger partial charge in [0.25, 0.3) is 11.5 Å². The number of nitrogens with one attached hydrogen (secondary N) is 1. The number of pyridine rings is 2. The van der Waals surface area contributed by atoms with E-state index in [0.29, 0.717) is 37.3 Å². The maximum Gasteiger partial charge on any atom is 0.306 e. The number of fused-ring (bicyclic) bond motifs is 1. The molecule has 9 nitrogen and oxygen atoms in total. The number of carboxylic acid groups (broad SMARTS) is 1. The summed E-state index contributed by atoms with van der Waals surface area (Å²) >= 11 is 3.70. The van der Waals surface area contributed by atoms with Crippen LogP contribution in [0.4, 0.5) is 20.3 Å². The van der Waals surface area contributed by atoms with E-state index in [1.807, 2.05) is 36.4 Å². The number of likely N-dealkylation sites (tertiary alicyclic amines) is 1. The number of rotatable bonds is 4. The number of nitrogens with zero attached hydrogens (tertiary/aromatic N) is 2. The normalized spacial score (nSPS) is 13.3. The van der Waals surface area contributed by atoms with Crippen molar-refractivity contribution in [3.05, 3.63) is 107 Å². The number of hydrogen-bond donors (Lipinski definition) is 5. The summed E-state index contributed by atoms with van der Waals surface area (Å²) in [7, 11) is 0. The first-order valence-corrected chi connectivity index (χ1v) is 14.4. The highest BCUT2D eigenvalue weighted by Gasteiger charge is 2.27. The average Bonchev–Trinajstić information content (AvgIpc) is 3.04. The number of halogens is 2. The van der Waals surface area contributed by atoms with Gasteiger partial charge in [-0.2, -0.15) is 0 Å². The Morgan fingerprint density at radius 2 is 1.60 bits per heavy atom. The molecule has 1 amide bonds. The van der Waals surface area contributed by atoms with Crippen LogP contribution in [-0.4, -0.2) is 44.9 Å². The molecule has 0 radical (unpaired) electrons. The number of aromatic amines is 1. The molecule has 5 aromatic rings. The van der Waals surface area contributed by atoms with Crippen molar-refractivity contribution < 1.29 is 23.5 Å². The van der Waals surface area contributed by atoms with Crippen LogP contribution < -0.4 is 17.0 Å². The molecule has 1 saturated heterocycles. The third-order valence-electron chi connectivity index (χ3n) is 7.59. The first kappa shape index (κ1) is 31.2. The van der Waals surface area contributed by atoms with E-state index in [-0.39, 0.29) is 28.0 Å². The number of nitrogen functional groups attached to an aromatic ring is 2. The molecular weight excluding hydrogens is 600 g/mol. The maximum atomic E-state index is 12.9. The Morgan fingerprint density at radius 3 is 2.22 bits per heavy atom. The molecule has 1 aliphatic heterocycles. The Morgan fingerprint density at radius 1 is 0.911 bits per heavy atom. The Kier molecular flexibility index (Phi) is 9.14. The van der Waals surface area contributed by atoms with Crippen LogP contribution in [0.5, 0.6) is 0 Å². The molecule has 2 aromatic heterocycles. The molecule has 1 fully saturated rings. The van der Waals surface area contributed by atoms with Crippen LogP contribution in [0.1, 0.15) is 23.2 Å². The zero-order valence-electron chi connectivity index (χ0n) is 23.8. The highest BCUT2D eigenvalue weighted by atomic mass is 32.1. The number of thiol groups is 1. The van der Waals surface area contributed by atoms with Gasteiger partial charge in [0, 0.05) is 52.3 Å². The van der Waals surface area contributed by atoms with Crippen LogP contribution in [0, 0.1) is 17.6 Å². The average molecular weight is 630 g/mol. The van der Waals surface area contributed by atoms with Crippen LogP contribution in [0.15, 0.2) is 88.7 Å². The van der Waals surface area contributed by atoms with Crippen molar-refractivity contribution in [2.24, 2.45) is 5.92 Å². The number of carboxylic acids is 1. The topological polar surface area (TPSA) is 155 Å². The first-order chi connectivity index (χ1) is 21.5. The molecule has 3 heterocycles. The number of anilines is 2. The number of carbonyl (C=O) groups excluding carboxylic acids is 1. The summed E-state index contributed by atoms with van der Waals surface area (Å²) in [6, 6.07) is 19.7. The third kappa shape index (κ3) is 7.13. The smallest absolute Gasteiger partial charge is 0.306 e. The highest BCUT2D eigenvalue weighted by molar-refractivity contribution is 7.80. The van der Waals surface area contributed by atoms with E-state index in [1.54, 1.807) is 29.3 Å². The van der Waals surface area contributed by atoms with E-state index in [0.717, 1.165) is 45.3 Å². The number of H-pyrrole nitrogens is 1. The molecule has 45 heavy (non-hydrogen) atoms. The van der Waals surface area contributed by atoms with Gasteiger partial charge in [-0.25, -0.2) is 13.8 Å². The molecule has 6 N–H and O–H groups in total. The largest absolute Gasteiger partial charge is 0.481 e. The quantitative estimate of drug-likeness (QED) is 0.162. The summed E-state index contributed by atoms with van der Waals surface area (Å²) in [6.07, 6.45) is 2.55. The van der Waals surface area contributed by atoms with Crippen molar-refractivity contribution in [1.82, 2.24) is 14.9 Å². The van der Waals surface area contributed by atoms with Crippen molar-refractivity contribution in [3.63, 3.8) is 0 Å². The molecule has 0 bridgehead atoms. The Hall–Kier alpha value is -5.23. The van der Waals surface area contributed by atoms with E-state index in [1.165, 1.54) is 6.07 Å². The standard InChI is InChI=1S/C27H25N5O4.C6H4F2S/c28-22-13-20(14-30-25(22)33)18-5-6-23-19(11-18)12-21(24(29)31-23)15-1-3-16(4-2-15)26(34)32-9-7-17(8-10-32)27(35)36;7-4-1-2-6(9)5(8)3-4/h1-6,11-14,17H,7-10,28H2,(H2,29,31)(H,30,33)(H,35,36);1-3,9H. The summed E-state index contributed by atoms with van der Waals surface area (Å²) < 4.78 is 24.3. The minimum Gasteiger partial charge on any atom is -0.481 e. The lowest BCUT2D eigenvalue weighted by atomic mass is 9.96. The van der Waals surface area contributed by atoms with Gasteiger partial charge in [0.1, 0.15) is 17.5 Å². The molecular formula is C33H29F2N5O4S. The number of carbonyl (C=O) groups is 2. The molecule has 3 aromatic carbocycles. The maximum absolute atomic E-state index is 12.9. The van der Waals surface area contributed by atoms with Crippen molar-refractivity contribution >= 4 is 46.9 Å². The molecule has 1 aliphatic rings. The van der Waals surface area contributed by atoms with Gasteiger partial charge in [-0.3, -0.25) is 14.4 Å². The molecule has 0 saturated carbocycles. The minimum absolute atomic E-state index is 0.111. The van der Waals surface area contributed by atoms with Crippen LogP contribution in [0.3, 0.4) is 0 Å². The number of hydrogen-bond acceptors (Lipinski definition) is 7. The number of piperidine rings is 1. The van der Waals surface area contributed by atoms with Gasteiger partial charge in [-0.15, -0.1) is 12.6 Å². The van der Waals surface area contributed by atoms with Crippen LogP contribution in [-0.2, 0) is 4.79 Å². The Balaban J connectivity index is 0.000000383. The van der Waals surface area contributed by atoms with E-state index in [4.69, 9.17) is 16.6 Å². The van der Waals surface area contributed by atoms with Gasteiger partial charge in [0.2, 0.25) is 0 Å². The second-order valence-corrected chi connectivity index (χ2v) is 11.1. The molecule has 0 unspecified atom stereocenters. The monoisotopic (exact) mass is 629 g/mol. The van der Waals surface area contributed by atoms with Crippen molar-refractivity contribution in [2.45, 2.75) is 17.7 Å². The highest BCUT2D eigenvalue weighted by Crippen LogP contribution is 2.31. The Labute approximate surface area is 261 Å². The molecule has 12 heteroatoms. The SMILES string of the molecule is Fc1ccc(S)c(F)c1.Nc1nc2ccc(-c3c[nH]c(=O)c(N)c3)cc2cc1-c1ccc(C(=O)N2CCC(C(=O)O)CC2)cc1. The number of benzene rings is 3. The Bertz CT molecular complexity index is 1960. The van der Waals surface area contributed by atoms with Gasteiger partial charge < -0.3 is 26.5 Å². The number of aliphatic carboxylic acids is 1. The van der Waals surface area contributed by atoms with Gasteiger partial charge in [0.05, 0.1) is 17.1 Å². The van der Waals surface area contributed by atoms with Crippen LogP contribution in [0.2, 0.25) is 0 Å². The lowest BCUT2D eigenvalue weighted by Crippen LogP contribution is -2.40. The fraction of sp³-hybridized carbons (Fsp3) is 0.152. The summed E-state index contributed by atoms with van der Waals surface area (Å²) in [5.74, 6) is -2.13. The second-order valence-electron chi connectivity index (χ2n) is 10.6. The zero-order valence-corrected chi connectivity index (χ0v) is 24.7. The lowest BCUT2D eigenvalue weighted by Gasteiger charge is -2.30. The molecule has 0 spiro atoms. The number of aromatic nitrogens is 2. The van der Waals surface area contributed by atoms with E-state index >= 15 is 0 Å². The van der Waals surface area contributed by atoms with Crippen molar-refractivity contribution in [3.8, 4) is 22.3 Å². The minimum atomic E-state index is -0.803. The lowest BCUT2D eigenvalue weighted by molar-refractivity contribution is -0.143. The van der Waals surface area contributed by atoms with Crippen LogP contribution >= 0.6 is 12.6 Å². The predicted octanol–water partition coefficient (Wildman–Crippen LogP) is 5.61. The summed E-state index contributed by atoms with van der Waals surface area (Å²) in [4.78, 5) is 44.7. The number of amides is 1. The predicted molar refractivity (Wildman–Crippen MR) is 172 cm³/mol. The van der Waals surface area contributed by atoms with Gasteiger partial charge in [0.15, 0.2) is 0 Å². The van der Waals surface area contributed by atoms with Crippen LogP contribution in [0.25, 0.3) is 33.2 Å². The zero-order chi connectivity index (χ0) is 32.2. The summed E-state index contributed by atoms with van der Waals surface area (Å²) in [5.41, 5.74) is 16.3. The summed E-state index contributed by atoms with van der Waals surface area (Å²) in [6.45, 7) is 0.866. The molecule has 230 valence electrons. The van der Waals surface area contributed by atoms with Gasteiger partial charge >= 0.3 is 5.97 Å². The first-order valence-electron chi connectivity index (χ1n) is 14.0. The van der Waals surface area contributed by atoms with E-state index < -0.39 is 17.6 Å². The van der Waals surface area contributed by atoms with Gasteiger partial charge in [-0.05, 0) is 72.5 Å². The fourth-order valence-corrected chi connectivity index (χ4v) is 5.20. The van der Waals surface area contributed by atoms with E-state index in [2.05, 4.69) is 22.6 Å². The van der Waals surface area contributed by atoms with Gasteiger partial charge in [-0.1, -0.05) is 18.2 Å². The van der Waals surface area contributed by atoms with Crippen molar-refractivity contribution in [2.75, 3.05) is 24.6 Å². The number of nitrogens with two attached hydrogens (primary N) is 2. The van der Waals surface area contributed by atoms with Crippen molar-refractivity contribution in [1.29, 1.82) is 0 Å². The van der Waals surface area contributed by atoms with E-state index in [9.17, 15) is 23.2 Å². The molecule has 0 atom stereocenters. The molecule has 0 aliphatic carbocycles. The second kappa shape index (κ2) is 13.2. The third-order valence-corrected chi connectivity index (χ3v) is 7.96. The summed E-state index contributed by atoms with van der Waals surface area (Å²) in [5, 5.41) is 10.0. The fourth-order valence-electron chi connectivity index (χ4n) is 5.06.